The minimum absolute atomic E-state index is 0.776. The van der Waals surface area contributed by atoms with Crippen LogP contribution in [-0.2, 0) is 0 Å². The molecule has 12 heavy (non-hydrogen) atoms. The molecule has 0 bridgehead atoms. The van der Waals surface area contributed by atoms with E-state index in [1.807, 2.05) is 24.3 Å². The van der Waals surface area contributed by atoms with E-state index in [1.165, 1.54) is 0 Å². The number of hydrogen-bond acceptors (Lipinski definition) is 1. The lowest BCUT2D eigenvalue weighted by molar-refractivity contribution is 1.31. The van der Waals surface area contributed by atoms with Crippen LogP contribution in [0.25, 0.3) is 11.3 Å². The van der Waals surface area contributed by atoms with E-state index in [9.17, 15) is 0 Å². The highest BCUT2D eigenvalue weighted by molar-refractivity contribution is 6.32. The first kappa shape index (κ1) is 7.16. The van der Waals surface area contributed by atoms with Gasteiger partial charge in [0.15, 0.2) is 0 Å². The first-order valence-corrected chi connectivity index (χ1v) is 3.70. The standard InChI is InChI=1S/C9H7BN2/c10-8-3-1-7(2-4-8)9-5-11-6-12-9/h1-6H,(H,11,12). The molecule has 0 aliphatic heterocycles. The van der Waals surface area contributed by atoms with E-state index in [4.69, 9.17) is 7.85 Å². The summed E-state index contributed by atoms with van der Waals surface area (Å²) in [6.07, 6.45) is 3.44. The first-order chi connectivity index (χ1) is 5.86. The molecular formula is C9H7BN2. The Morgan fingerprint density at radius 2 is 1.92 bits per heavy atom. The maximum atomic E-state index is 5.55. The van der Waals surface area contributed by atoms with Crippen molar-refractivity contribution >= 4 is 13.3 Å². The molecule has 0 amide bonds. The third kappa shape index (κ3) is 1.26. The predicted molar refractivity (Wildman–Crippen MR) is 49.4 cm³/mol. The number of nitrogens with zero attached hydrogens (tertiary/aromatic N) is 1. The van der Waals surface area contributed by atoms with Crippen LogP contribution in [0.2, 0.25) is 0 Å². The van der Waals surface area contributed by atoms with E-state index in [2.05, 4.69) is 9.97 Å². The minimum atomic E-state index is 0.776. The number of nitrogens with one attached hydrogen (secondary N) is 1. The lowest BCUT2D eigenvalue weighted by atomic mass is 9.95. The smallest absolute Gasteiger partial charge is 0.113 e. The molecule has 1 aromatic carbocycles. The molecule has 0 saturated carbocycles. The van der Waals surface area contributed by atoms with Crippen LogP contribution in [-0.4, -0.2) is 17.8 Å². The van der Waals surface area contributed by atoms with E-state index < -0.39 is 0 Å². The number of imidazole rings is 1. The van der Waals surface area contributed by atoms with Crippen molar-refractivity contribution < 1.29 is 0 Å². The monoisotopic (exact) mass is 154 g/mol. The van der Waals surface area contributed by atoms with Crippen LogP contribution in [0.1, 0.15) is 0 Å². The van der Waals surface area contributed by atoms with Crippen LogP contribution < -0.4 is 5.46 Å². The molecule has 2 aromatic rings. The molecule has 0 spiro atoms. The Balaban J connectivity index is 2.43. The van der Waals surface area contributed by atoms with Gasteiger partial charge in [-0.3, -0.25) is 0 Å². The van der Waals surface area contributed by atoms with Gasteiger partial charge in [-0.25, -0.2) is 4.98 Å². The molecule has 2 rings (SSSR count). The summed E-state index contributed by atoms with van der Waals surface area (Å²) < 4.78 is 0. The molecule has 0 aliphatic carbocycles. The first-order valence-electron chi connectivity index (χ1n) is 3.70. The summed E-state index contributed by atoms with van der Waals surface area (Å²) in [7, 11) is 5.55. The topological polar surface area (TPSA) is 28.7 Å². The highest BCUT2D eigenvalue weighted by Crippen LogP contribution is 2.12. The number of rotatable bonds is 1. The fourth-order valence-electron chi connectivity index (χ4n) is 1.08. The van der Waals surface area contributed by atoms with Gasteiger partial charge in [0.1, 0.15) is 7.85 Å². The molecule has 56 valence electrons. The van der Waals surface area contributed by atoms with Crippen molar-refractivity contribution in [2.75, 3.05) is 0 Å². The average molecular weight is 154 g/mol. The van der Waals surface area contributed by atoms with Crippen molar-refractivity contribution in [2.24, 2.45) is 0 Å². The fraction of sp³-hybridized carbons (Fsp3) is 0. The third-order valence-electron chi connectivity index (χ3n) is 1.72. The summed E-state index contributed by atoms with van der Waals surface area (Å²) in [6.45, 7) is 0. The van der Waals surface area contributed by atoms with Gasteiger partial charge in [-0.05, 0) is 5.56 Å². The second-order valence-electron chi connectivity index (χ2n) is 2.59. The molecule has 0 unspecified atom stereocenters. The summed E-state index contributed by atoms with van der Waals surface area (Å²) in [4.78, 5) is 6.96. The summed E-state index contributed by atoms with van der Waals surface area (Å²) in [5.41, 5.74) is 2.88. The van der Waals surface area contributed by atoms with Crippen molar-refractivity contribution in [3.8, 4) is 11.3 Å². The van der Waals surface area contributed by atoms with E-state index in [-0.39, 0.29) is 0 Å². The molecule has 1 aromatic heterocycles. The number of aromatic nitrogens is 2. The number of hydrogen-bond donors (Lipinski definition) is 1. The SMILES string of the molecule is [B]c1ccc(-c2cnc[nH]2)cc1. The van der Waals surface area contributed by atoms with E-state index >= 15 is 0 Å². The van der Waals surface area contributed by atoms with Gasteiger partial charge >= 0.3 is 0 Å². The molecule has 0 saturated heterocycles. The van der Waals surface area contributed by atoms with Gasteiger partial charge in [-0.15, -0.1) is 0 Å². The summed E-state index contributed by atoms with van der Waals surface area (Å²) in [6, 6.07) is 7.66. The number of aromatic amines is 1. The maximum absolute atomic E-state index is 5.55. The minimum Gasteiger partial charge on any atom is -0.345 e. The number of benzene rings is 1. The highest BCUT2D eigenvalue weighted by atomic mass is 14.9. The summed E-state index contributed by atoms with van der Waals surface area (Å²) in [5.74, 6) is 0. The zero-order chi connectivity index (χ0) is 8.39. The molecule has 1 heterocycles. The third-order valence-corrected chi connectivity index (χ3v) is 1.72. The van der Waals surface area contributed by atoms with Crippen molar-refractivity contribution in [3.63, 3.8) is 0 Å². The normalized spacial score (nSPS) is 10.0. The van der Waals surface area contributed by atoms with E-state index in [0.29, 0.717) is 0 Å². The Kier molecular flexibility index (Phi) is 1.70. The summed E-state index contributed by atoms with van der Waals surface area (Å²) >= 11 is 0. The lowest BCUT2D eigenvalue weighted by Gasteiger charge is -1.96. The van der Waals surface area contributed by atoms with Crippen LogP contribution in [0.5, 0.6) is 0 Å². The molecule has 2 radical (unpaired) electrons. The van der Waals surface area contributed by atoms with Crippen LogP contribution in [0.4, 0.5) is 0 Å². The largest absolute Gasteiger partial charge is 0.345 e. The van der Waals surface area contributed by atoms with E-state index in [0.717, 1.165) is 16.7 Å². The Morgan fingerprint density at radius 1 is 1.17 bits per heavy atom. The van der Waals surface area contributed by atoms with Gasteiger partial charge in [0.05, 0.1) is 18.2 Å². The van der Waals surface area contributed by atoms with Gasteiger partial charge < -0.3 is 4.98 Å². The van der Waals surface area contributed by atoms with Gasteiger partial charge in [0.2, 0.25) is 0 Å². The Labute approximate surface area is 72.1 Å². The molecule has 2 nitrogen and oxygen atoms in total. The lowest BCUT2D eigenvalue weighted by Crippen LogP contribution is -1.99. The van der Waals surface area contributed by atoms with Crippen LogP contribution in [0.15, 0.2) is 36.8 Å². The molecule has 0 atom stereocenters. The van der Waals surface area contributed by atoms with Crippen molar-refractivity contribution in [3.05, 3.63) is 36.8 Å². The van der Waals surface area contributed by atoms with Crippen molar-refractivity contribution in [1.82, 2.24) is 9.97 Å². The fourth-order valence-corrected chi connectivity index (χ4v) is 1.08. The van der Waals surface area contributed by atoms with Gasteiger partial charge in [0.25, 0.3) is 0 Å². The van der Waals surface area contributed by atoms with Crippen LogP contribution in [0, 0.1) is 0 Å². The molecule has 1 N–H and O–H groups in total. The second kappa shape index (κ2) is 2.85. The zero-order valence-corrected chi connectivity index (χ0v) is 6.49. The Bertz CT molecular complexity index is 351. The van der Waals surface area contributed by atoms with E-state index in [1.54, 1.807) is 12.5 Å². The highest BCUT2D eigenvalue weighted by Gasteiger charge is 1.95. The van der Waals surface area contributed by atoms with Crippen LogP contribution >= 0.6 is 0 Å². The Hall–Kier alpha value is -1.51. The van der Waals surface area contributed by atoms with Crippen LogP contribution in [0.3, 0.4) is 0 Å². The molecular weight excluding hydrogens is 147 g/mol. The summed E-state index contributed by atoms with van der Waals surface area (Å²) in [5, 5.41) is 0. The number of H-pyrrole nitrogens is 1. The van der Waals surface area contributed by atoms with Crippen molar-refractivity contribution in [2.45, 2.75) is 0 Å². The van der Waals surface area contributed by atoms with Gasteiger partial charge in [-0.2, -0.15) is 0 Å². The molecule has 0 aliphatic rings. The maximum Gasteiger partial charge on any atom is 0.113 e. The predicted octanol–water partition coefficient (Wildman–Crippen LogP) is 0.870. The quantitative estimate of drug-likeness (QED) is 0.606. The zero-order valence-electron chi connectivity index (χ0n) is 6.49. The average Bonchev–Trinajstić information content (AvgIpc) is 2.58. The molecule has 3 heteroatoms. The Morgan fingerprint density at radius 3 is 2.50 bits per heavy atom. The van der Waals surface area contributed by atoms with Crippen molar-refractivity contribution in [1.29, 1.82) is 0 Å². The molecule has 0 fully saturated rings. The second-order valence-corrected chi connectivity index (χ2v) is 2.59. The van der Waals surface area contributed by atoms with Gasteiger partial charge in [0, 0.05) is 0 Å². The van der Waals surface area contributed by atoms with Gasteiger partial charge in [-0.1, -0.05) is 29.7 Å².